The van der Waals surface area contributed by atoms with Gasteiger partial charge in [-0.25, -0.2) is 13.1 Å². The smallest absolute Gasteiger partial charge is 0.247 e. The lowest BCUT2D eigenvalue weighted by Crippen LogP contribution is -2.43. The standard InChI is InChI=1S/C31H35N3O5S/c1-3-21-32-31(36)30(25-7-5-4-6-8-25)34(22-24-9-16-27(39-2)17-10-24)29(35)20-13-23-11-18-28(19-12-23)40(37,38)33-26-14-15-26/h3-12,16-19,26,30,33H,1,13-15,20-22H2,2H3,(H,32,36)/t30-/m0/s1. The Balaban J connectivity index is 1.56. The minimum Gasteiger partial charge on any atom is -0.497 e. The highest BCUT2D eigenvalue weighted by molar-refractivity contribution is 7.89. The molecule has 0 aliphatic heterocycles. The van der Waals surface area contributed by atoms with Crippen molar-refractivity contribution in [1.82, 2.24) is 14.9 Å². The zero-order valence-electron chi connectivity index (χ0n) is 22.6. The fourth-order valence-corrected chi connectivity index (χ4v) is 5.65. The van der Waals surface area contributed by atoms with E-state index in [0.29, 0.717) is 17.7 Å². The number of ether oxygens (including phenoxy) is 1. The van der Waals surface area contributed by atoms with Gasteiger partial charge in [-0.3, -0.25) is 9.59 Å². The molecule has 0 spiro atoms. The number of nitrogens with one attached hydrogen (secondary N) is 2. The fourth-order valence-electron chi connectivity index (χ4n) is 4.35. The second-order valence-electron chi connectivity index (χ2n) is 9.76. The van der Waals surface area contributed by atoms with E-state index in [-0.39, 0.29) is 42.3 Å². The van der Waals surface area contributed by atoms with Crippen LogP contribution in [0.4, 0.5) is 0 Å². The molecule has 2 amide bonds. The van der Waals surface area contributed by atoms with E-state index in [1.807, 2.05) is 54.6 Å². The van der Waals surface area contributed by atoms with Gasteiger partial charge < -0.3 is 15.0 Å². The topological polar surface area (TPSA) is 105 Å². The van der Waals surface area contributed by atoms with Gasteiger partial charge in [0, 0.05) is 25.6 Å². The maximum Gasteiger partial charge on any atom is 0.247 e. The summed E-state index contributed by atoms with van der Waals surface area (Å²) < 4.78 is 32.9. The lowest BCUT2D eigenvalue weighted by atomic mass is 10.0. The van der Waals surface area contributed by atoms with Gasteiger partial charge in [0.1, 0.15) is 11.8 Å². The summed E-state index contributed by atoms with van der Waals surface area (Å²) in [5.41, 5.74) is 2.38. The second kappa shape index (κ2) is 13.4. The van der Waals surface area contributed by atoms with Crippen molar-refractivity contribution in [3.05, 3.63) is 108 Å². The summed E-state index contributed by atoms with van der Waals surface area (Å²) in [4.78, 5) is 29.0. The van der Waals surface area contributed by atoms with Crippen LogP contribution < -0.4 is 14.8 Å². The highest BCUT2D eigenvalue weighted by Crippen LogP contribution is 2.26. The van der Waals surface area contributed by atoms with E-state index in [1.165, 1.54) is 0 Å². The van der Waals surface area contributed by atoms with Crippen molar-refractivity contribution in [3.63, 3.8) is 0 Å². The van der Waals surface area contributed by atoms with E-state index in [1.54, 1.807) is 42.4 Å². The number of rotatable bonds is 14. The summed E-state index contributed by atoms with van der Waals surface area (Å²) in [6.45, 7) is 4.17. The van der Waals surface area contributed by atoms with Crippen LogP contribution >= 0.6 is 0 Å². The van der Waals surface area contributed by atoms with Gasteiger partial charge in [-0.2, -0.15) is 0 Å². The lowest BCUT2D eigenvalue weighted by molar-refractivity contribution is -0.141. The molecule has 1 aliphatic rings. The molecule has 8 nitrogen and oxygen atoms in total. The summed E-state index contributed by atoms with van der Waals surface area (Å²) in [5, 5.41) is 2.85. The summed E-state index contributed by atoms with van der Waals surface area (Å²) in [7, 11) is -1.95. The number of nitrogens with zero attached hydrogens (tertiary/aromatic N) is 1. The Kier molecular flexibility index (Phi) is 9.74. The number of amides is 2. The summed E-state index contributed by atoms with van der Waals surface area (Å²) in [6, 6.07) is 22.4. The molecular formula is C31H35N3O5S. The van der Waals surface area contributed by atoms with E-state index in [0.717, 1.165) is 24.0 Å². The van der Waals surface area contributed by atoms with Gasteiger partial charge in [0.25, 0.3) is 0 Å². The highest BCUT2D eigenvalue weighted by atomic mass is 32.2. The molecule has 1 fully saturated rings. The predicted octanol–water partition coefficient (Wildman–Crippen LogP) is 4.14. The van der Waals surface area contributed by atoms with Gasteiger partial charge in [-0.15, -0.1) is 6.58 Å². The van der Waals surface area contributed by atoms with Crippen molar-refractivity contribution < 1.29 is 22.7 Å². The Hall–Kier alpha value is -3.95. The van der Waals surface area contributed by atoms with Crippen molar-refractivity contribution in [2.75, 3.05) is 13.7 Å². The molecule has 0 heterocycles. The van der Waals surface area contributed by atoms with Crippen LogP contribution in [0.2, 0.25) is 0 Å². The number of sulfonamides is 1. The first-order valence-electron chi connectivity index (χ1n) is 13.3. The zero-order chi connectivity index (χ0) is 28.5. The van der Waals surface area contributed by atoms with Crippen molar-refractivity contribution in [3.8, 4) is 5.75 Å². The van der Waals surface area contributed by atoms with Crippen LogP contribution in [-0.2, 0) is 32.6 Å². The number of hydrogen-bond acceptors (Lipinski definition) is 5. The molecule has 2 N–H and O–H groups in total. The number of aryl methyl sites for hydroxylation is 1. The quantitative estimate of drug-likeness (QED) is 0.288. The second-order valence-corrected chi connectivity index (χ2v) is 11.5. The molecule has 0 aromatic heterocycles. The molecular weight excluding hydrogens is 526 g/mol. The number of benzene rings is 3. The van der Waals surface area contributed by atoms with Gasteiger partial charge in [0.2, 0.25) is 21.8 Å². The van der Waals surface area contributed by atoms with E-state index >= 15 is 0 Å². The third-order valence-electron chi connectivity index (χ3n) is 6.69. The van der Waals surface area contributed by atoms with Crippen LogP contribution in [0.15, 0.2) is 96.4 Å². The van der Waals surface area contributed by atoms with Crippen LogP contribution in [-0.4, -0.2) is 44.8 Å². The van der Waals surface area contributed by atoms with Crippen molar-refractivity contribution in [2.45, 2.75) is 49.2 Å². The molecule has 210 valence electrons. The molecule has 3 aromatic carbocycles. The van der Waals surface area contributed by atoms with Gasteiger partial charge >= 0.3 is 0 Å². The van der Waals surface area contributed by atoms with E-state index < -0.39 is 16.1 Å². The molecule has 4 rings (SSSR count). The van der Waals surface area contributed by atoms with Crippen molar-refractivity contribution in [1.29, 1.82) is 0 Å². The molecule has 1 saturated carbocycles. The zero-order valence-corrected chi connectivity index (χ0v) is 23.4. The summed E-state index contributed by atoms with van der Waals surface area (Å²) >= 11 is 0. The van der Waals surface area contributed by atoms with Crippen LogP contribution in [0.3, 0.4) is 0 Å². The average molecular weight is 562 g/mol. The highest BCUT2D eigenvalue weighted by Gasteiger charge is 2.31. The Bertz CT molecular complexity index is 1400. The Morgan fingerprint density at radius 2 is 1.65 bits per heavy atom. The Morgan fingerprint density at radius 1 is 1.00 bits per heavy atom. The minimum absolute atomic E-state index is 0.0280. The van der Waals surface area contributed by atoms with E-state index in [2.05, 4.69) is 16.6 Å². The lowest BCUT2D eigenvalue weighted by Gasteiger charge is -2.31. The number of carbonyl (C=O) groups excluding carboxylic acids is 2. The van der Waals surface area contributed by atoms with Gasteiger partial charge in [0.15, 0.2) is 0 Å². The molecule has 1 atom stereocenters. The maximum absolute atomic E-state index is 13.8. The van der Waals surface area contributed by atoms with Crippen molar-refractivity contribution >= 4 is 21.8 Å². The van der Waals surface area contributed by atoms with Crippen LogP contribution in [0.5, 0.6) is 5.75 Å². The van der Waals surface area contributed by atoms with Crippen molar-refractivity contribution in [2.24, 2.45) is 0 Å². The molecule has 0 unspecified atom stereocenters. The summed E-state index contributed by atoms with van der Waals surface area (Å²) in [5.74, 6) is 0.193. The van der Waals surface area contributed by atoms with E-state index in [9.17, 15) is 18.0 Å². The third-order valence-corrected chi connectivity index (χ3v) is 8.23. The minimum atomic E-state index is -3.54. The fraction of sp³-hybridized carbons (Fsp3) is 0.290. The molecule has 40 heavy (non-hydrogen) atoms. The molecule has 1 aliphatic carbocycles. The SMILES string of the molecule is C=CCNC(=O)[C@H](c1ccccc1)N(Cc1ccc(OC)cc1)C(=O)CCc1ccc(S(=O)(=O)NC2CC2)cc1. The number of hydrogen-bond donors (Lipinski definition) is 2. The predicted molar refractivity (Wildman–Crippen MR) is 154 cm³/mol. The monoisotopic (exact) mass is 561 g/mol. The van der Waals surface area contributed by atoms with Crippen LogP contribution in [0, 0.1) is 0 Å². The summed E-state index contributed by atoms with van der Waals surface area (Å²) in [6.07, 6.45) is 3.86. The molecule has 9 heteroatoms. The normalized spacial score (nSPS) is 13.7. The Morgan fingerprint density at radius 3 is 2.25 bits per heavy atom. The average Bonchev–Trinajstić information content (AvgIpc) is 3.79. The first-order chi connectivity index (χ1) is 19.3. The first kappa shape index (κ1) is 29.0. The van der Waals surface area contributed by atoms with Gasteiger partial charge in [0.05, 0.1) is 12.0 Å². The van der Waals surface area contributed by atoms with E-state index in [4.69, 9.17) is 4.74 Å². The van der Waals surface area contributed by atoms with Crippen LogP contribution in [0.1, 0.15) is 42.0 Å². The number of methoxy groups -OCH3 is 1. The molecule has 0 bridgehead atoms. The molecule has 0 saturated heterocycles. The third kappa shape index (κ3) is 7.80. The van der Waals surface area contributed by atoms with Gasteiger partial charge in [-0.05, 0) is 60.2 Å². The van der Waals surface area contributed by atoms with Gasteiger partial charge in [-0.1, -0.05) is 60.7 Å². The largest absolute Gasteiger partial charge is 0.497 e. The Labute approximate surface area is 236 Å². The first-order valence-corrected chi connectivity index (χ1v) is 14.8. The number of carbonyl (C=O) groups is 2. The molecule has 3 aromatic rings. The van der Waals surface area contributed by atoms with Crippen LogP contribution in [0.25, 0.3) is 0 Å². The molecule has 0 radical (unpaired) electrons. The maximum atomic E-state index is 13.8.